The smallest absolute Gasteiger partial charge is 0.279 e. The summed E-state index contributed by atoms with van der Waals surface area (Å²) in [5, 5.41) is 12.1. The predicted molar refractivity (Wildman–Crippen MR) is 114 cm³/mol. The third kappa shape index (κ3) is 6.89. The number of rotatable bonds is 7. The van der Waals surface area contributed by atoms with Crippen LogP contribution in [0.15, 0.2) is 48.5 Å². The standard InChI is InChI=1S/C21H24N4O2S/c1-3-4-5-16-6-10-18(11-7-16)23-21(28)25-24-20(26)15(2)27-19-12-8-17(14-22)9-13-19/h6-13,15H,3-5H2,1-2H3,(H,24,26)(H2,23,25,28)/t15-/m1/s1. The third-order valence-electron chi connectivity index (χ3n) is 4.00. The second-order valence-corrected chi connectivity index (χ2v) is 6.67. The number of thiocarbonyl (C=S) groups is 1. The maximum absolute atomic E-state index is 12.1. The monoisotopic (exact) mass is 396 g/mol. The quantitative estimate of drug-likeness (QED) is 0.489. The summed E-state index contributed by atoms with van der Waals surface area (Å²) in [6.45, 7) is 3.80. The molecule has 0 saturated carbocycles. The van der Waals surface area contributed by atoms with E-state index >= 15 is 0 Å². The number of carbonyl (C=O) groups is 1. The number of nitrogens with one attached hydrogen (secondary N) is 3. The maximum atomic E-state index is 12.1. The number of amides is 1. The number of nitriles is 1. The summed E-state index contributed by atoms with van der Waals surface area (Å²) in [4.78, 5) is 12.1. The molecule has 0 saturated heterocycles. The average Bonchev–Trinajstić information content (AvgIpc) is 2.72. The first-order valence-corrected chi connectivity index (χ1v) is 9.55. The minimum Gasteiger partial charge on any atom is -0.481 e. The highest BCUT2D eigenvalue weighted by Crippen LogP contribution is 2.14. The summed E-state index contributed by atoms with van der Waals surface area (Å²) in [6, 6.07) is 16.6. The van der Waals surface area contributed by atoms with E-state index in [1.54, 1.807) is 31.2 Å². The molecular formula is C21H24N4O2S. The first-order chi connectivity index (χ1) is 13.5. The summed E-state index contributed by atoms with van der Waals surface area (Å²) in [5.41, 5.74) is 7.83. The van der Waals surface area contributed by atoms with Crippen LogP contribution in [-0.4, -0.2) is 17.1 Å². The van der Waals surface area contributed by atoms with Crippen LogP contribution in [0.1, 0.15) is 37.8 Å². The fourth-order valence-electron chi connectivity index (χ4n) is 2.38. The highest BCUT2D eigenvalue weighted by atomic mass is 32.1. The van der Waals surface area contributed by atoms with E-state index in [2.05, 4.69) is 35.2 Å². The summed E-state index contributed by atoms with van der Waals surface area (Å²) >= 11 is 5.19. The molecule has 0 heterocycles. The fourth-order valence-corrected chi connectivity index (χ4v) is 2.55. The van der Waals surface area contributed by atoms with Crippen molar-refractivity contribution in [3.05, 3.63) is 59.7 Å². The summed E-state index contributed by atoms with van der Waals surface area (Å²) in [7, 11) is 0. The number of carbonyl (C=O) groups excluding carboxylic acids is 1. The van der Waals surface area contributed by atoms with Crippen molar-refractivity contribution in [3.63, 3.8) is 0 Å². The molecule has 0 unspecified atom stereocenters. The van der Waals surface area contributed by atoms with Gasteiger partial charge in [-0.25, -0.2) is 0 Å². The molecule has 1 amide bonds. The molecule has 0 aliphatic rings. The summed E-state index contributed by atoms with van der Waals surface area (Å²) in [6.07, 6.45) is 2.66. The van der Waals surface area contributed by atoms with Gasteiger partial charge in [0, 0.05) is 5.69 Å². The largest absolute Gasteiger partial charge is 0.481 e. The van der Waals surface area contributed by atoms with Gasteiger partial charge in [0.05, 0.1) is 11.6 Å². The van der Waals surface area contributed by atoms with E-state index in [9.17, 15) is 4.79 Å². The van der Waals surface area contributed by atoms with Crippen molar-refractivity contribution in [1.29, 1.82) is 5.26 Å². The number of unbranched alkanes of at least 4 members (excludes halogenated alkanes) is 1. The molecule has 2 aromatic rings. The van der Waals surface area contributed by atoms with Gasteiger partial charge < -0.3 is 10.1 Å². The van der Waals surface area contributed by atoms with Crippen molar-refractivity contribution in [2.45, 2.75) is 39.2 Å². The Hall–Kier alpha value is -3.11. The number of hydrogen-bond acceptors (Lipinski definition) is 4. The van der Waals surface area contributed by atoms with Gasteiger partial charge in [0.15, 0.2) is 11.2 Å². The molecule has 0 bridgehead atoms. The molecule has 1 atom stereocenters. The van der Waals surface area contributed by atoms with Crippen molar-refractivity contribution < 1.29 is 9.53 Å². The molecule has 0 aromatic heterocycles. The molecule has 0 aliphatic carbocycles. The second-order valence-electron chi connectivity index (χ2n) is 6.27. The van der Waals surface area contributed by atoms with E-state index in [1.165, 1.54) is 18.4 Å². The van der Waals surface area contributed by atoms with Gasteiger partial charge in [-0.2, -0.15) is 5.26 Å². The Morgan fingerprint density at radius 1 is 1.14 bits per heavy atom. The minimum atomic E-state index is -0.735. The van der Waals surface area contributed by atoms with Crippen molar-refractivity contribution in [2.24, 2.45) is 0 Å². The first kappa shape index (κ1) is 21.2. The van der Waals surface area contributed by atoms with Crippen LogP contribution in [-0.2, 0) is 11.2 Å². The SMILES string of the molecule is CCCCc1ccc(NC(=S)NNC(=O)[C@@H](C)Oc2ccc(C#N)cc2)cc1. The van der Waals surface area contributed by atoms with Gasteiger partial charge in [-0.05, 0) is 73.9 Å². The Morgan fingerprint density at radius 3 is 2.43 bits per heavy atom. The predicted octanol–water partition coefficient (Wildman–Crippen LogP) is 3.69. The first-order valence-electron chi connectivity index (χ1n) is 9.14. The maximum Gasteiger partial charge on any atom is 0.279 e. The van der Waals surface area contributed by atoms with Crippen molar-refractivity contribution in [1.82, 2.24) is 10.9 Å². The molecule has 0 aliphatic heterocycles. The van der Waals surface area contributed by atoms with Crippen molar-refractivity contribution in [3.8, 4) is 11.8 Å². The Labute approximate surface area is 170 Å². The zero-order valence-corrected chi connectivity index (χ0v) is 16.8. The number of ether oxygens (including phenoxy) is 1. The summed E-state index contributed by atoms with van der Waals surface area (Å²) < 4.78 is 5.55. The molecule has 7 heteroatoms. The number of hydrazine groups is 1. The minimum absolute atomic E-state index is 0.278. The summed E-state index contributed by atoms with van der Waals surface area (Å²) in [5.74, 6) is 0.133. The van der Waals surface area contributed by atoms with Crippen LogP contribution in [0.2, 0.25) is 0 Å². The highest BCUT2D eigenvalue weighted by Gasteiger charge is 2.14. The Balaban J connectivity index is 1.76. The number of anilines is 1. The van der Waals surface area contributed by atoms with E-state index in [0.29, 0.717) is 11.3 Å². The van der Waals surface area contributed by atoms with E-state index in [-0.39, 0.29) is 11.0 Å². The average molecular weight is 397 g/mol. The second kappa shape index (κ2) is 10.9. The van der Waals surface area contributed by atoms with E-state index in [1.807, 2.05) is 18.2 Å². The van der Waals surface area contributed by atoms with E-state index < -0.39 is 6.10 Å². The van der Waals surface area contributed by atoms with Gasteiger partial charge >= 0.3 is 0 Å². The lowest BCUT2D eigenvalue weighted by atomic mass is 10.1. The van der Waals surface area contributed by atoms with Gasteiger partial charge in [-0.1, -0.05) is 25.5 Å². The fraction of sp³-hybridized carbons (Fsp3) is 0.286. The van der Waals surface area contributed by atoms with Crippen LogP contribution in [0.5, 0.6) is 5.75 Å². The molecular weight excluding hydrogens is 372 g/mol. The van der Waals surface area contributed by atoms with Gasteiger partial charge in [0.1, 0.15) is 5.75 Å². The van der Waals surface area contributed by atoms with E-state index in [4.69, 9.17) is 22.2 Å². The van der Waals surface area contributed by atoms with Crippen LogP contribution in [0.25, 0.3) is 0 Å². The molecule has 3 N–H and O–H groups in total. The van der Waals surface area contributed by atoms with Crippen LogP contribution in [0.4, 0.5) is 5.69 Å². The molecule has 0 radical (unpaired) electrons. The van der Waals surface area contributed by atoms with E-state index in [0.717, 1.165) is 12.1 Å². The van der Waals surface area contributed by atoms with Crippen LogP contribution in [0, 0.1) is 11.3 Å². The number of aryl methyl sites for hydroxylation is 1. The van der Waals surface area contributed by atoms with Gasteiger partial charge in [0.2, 0.25) is 0 Å². The lowest BCUT2D eigenvalue weighted by Crippen LogP contribution is -2.48. The molecule has 2 rings (SSSR count). The highest BCUT2D eigenvalue weighted by molar-refractivity contribution is 7.80. The zero-order chi connectivity index (χ0) is 20.4. The zero-order valence-electron chi connectivity index (χ0n) is 16.0. The lowest BCUT2D eigenvalue weighted by molar-refractivity contribution is -0.127. The molecule has 0 spiro atoms. The van der Waals surface area contributed by atoms with Gasteiger partial charge in [-0.3, -0.25) is 15.6 Å². The third-order valence-corrected chi connectivity index (χ3v) is 4.20. The molecule has 28 heavy (non-hydrogen) atoms. The molecule has 6 nitrogen and oxygen atoms in total. The normalized spacial score (nSPS) is 11.0. The van der Waals surface area contributed by atoms with Crippen LogP contribution >= 0.6 is 12.2 Å². The topological polar surface area (TPSA) is 86.2 Å². The molecule has 2 aromatic carbocycles. The lowest BCUT2D eigenvalue weighted by Gasteiger charge is -2.16. The van der Waals surface area contributed by atoms with Crippen molar-refractivity contribution in [2.75, 3.05) is 5.32 Å². The number of nitrogens with zero attached hydrogens (tertiary/aromatic N) is 1. The van der Waals surface area contributed by atoms with Gasteiger partial charge in [0.25, 0.3) is 5.91 Å². The Morgan fingerprint density at radius 2 is 1.82 bits per heavy atom. The molecule has 146 valence electrons. The number of hydrogen-bond donors (Lipinski definition) is 3. The van der Waals surface area contributed by atoms with Crippen LogP contribution in [0.3, 0.4) is 0 Å². The van der Waals surface area contributed by atoms with Gasteiger partial charge in [-0.15, -0.1) is 0 Å². The molecule has 0 fully saturated rings. The van der Waals surface area contributed by atoms with Crippen molar-refractivity contribution >= 4 is 28.9 Å². The number of benzene rings is 2. The van der Waals surface area contributed by atoms with Crippen LogP contribution < -0.4 is 20.9 Å². The Bertz CT molecular complexity index is 829. The Kier molecular flexibility index (Phi) is 8.25.